The van der Waals surface area contributed by atoms with Crippen LogP contribution in [-0.4, -0.2) is 48.0 Å². The van der Waals surface area contributed by atoms with Crippen molar-refractivity contribution in [2.45, 2.75) is 18.8 Å². The lowest BCUT2D eigenvalue weighted by atomic mass is 9.88. The zero-order valence-corrected chi connectivity index (χ0v) is 20.1. The van der Waals surface area contributed by atoms with Crippen LogP contribution >= 0.6 is 11.8 Å². The second kappa shape index (κ2) is 12.3. The molecule has 1 fully saturated rings. The SMILES string of the molecule is O=C(NCCC(c1ccccc1)c1ccccc1)Nc1ccc(CC(=O)N2CCSCC2)cc1. The maximum absolute atomic E-state index is 12.5. The van der Waals surface area contributed by atoms with Gasteiger partial charge in [0, 0.05) is 42.7 Å². The first-order valence-electron chi connectivity index (χ1n) is 11.8. The zero-order chi connectivity index (χ0) is 23.6. The summed E-state index contributed by atoms with van der Waals surface area (Å²) in [6, 6.07) is 28.1. The average molecular weight is 474 g/mol. The Labute approximate surface area is 205 Å². The largest absolute Gasteiger partial charge is 0.341 e. The molecule has 4 rings (SSSR count). The van der Waals surface area contributed by atoms with E-state index in [0.29, 0.717) is 18.7 Å². The van der Waals surface area contributed by atoms with Crippen molar-refractivity contribution >= 4 is 29.4 Å². The molecule has 0 unspecified atom stereocenters. The van der Waals surface area contributed by atoms with E-state index < -0.39 is 0 Å². The number of anilines is 1. The lowest BCUT2D eigenvalue weighted by Crippen LogP contribution is -2.38. The summed E-state index contributed by atoms with van der Waals surface area (Å²) in [6.45, 7) is 2.22. The fraction of sp³-hybridized carbons (Fsp3) is 0.286. The summed E-state index contributed by atoms with van der Waals surface area (Å²) < 4.78 is 0. The number of thioether (sulfide) groups is 1. The normalized spacial score (nSPS) is 13.5. The third-order valence-electron chi connectivity index (χ3n) is 6.05. The molecule has 1 aliphatic rings. The Bertz CT molecular complexity index is 1010. The molecule has 0 aromatic heterocycles. The number of carbonyl (C=O) groups excluding carboxylic acids is 2. The van der Waals surface area contributed by atoms with E-state index in [1.54, 1.807) is 0 Å². The standard InChI is InChI=1S/C28H31N3O2S/c32-27(31-17-19-34-20-18-31)21-22-11-13-25(14-12-22)30-28(33)29-16-15-26(23-7-3-1-4-8-23)24-9-5-2-6-10-24/h1-14,26H,15-21H2,(H2,29,30,33). The summed E-state index contributed by atoms with van der Waals surface area (Å²) in [4.78, 5) is 26.8. The first-order chi connectivity index (χ1) is 16.7. The van der Waals surface area contributed by atoms with E-state index in [2.05, 4.69) is 34.9 Å². The highest BCUT2D eigenvalue weighted by Gasteiger charge is 2.17. The molecule has 34 heavy (non-hydrogen) atoms. The minimum atomic E-state index is -0.227. The Morgan fingerprint density at radius 3 is 2.00 bits per heavy atom. The summed E-state index contributed by atoms with van der Waals surface area (Å²) in [5.41, 5.74) is 4.15. The van der Waals surface area contributed by atoms with Gasteiger partial charge in [-0.15, -0.1) is 0 Å². The number of benzene rings is 3. The Hall–Kier alpha value is -3.25. The minimum Gasteiger partial charge on any atom is -0.341 e. The molecule has 5 nitrogen and oxygen atoms in total. The van der Waals surface area contributed by atoms with Gasteiger partial charge in [-0.2, -0.15) is 11.8 Å². The second-order valence-corrected chi connectivity index (χ2v) is 9.64. The predicted octanol–water partition coefficient (Wildman–Crippen LogP) is 5.15. The van der Waals surface area contributed by atoms with Crippen LogP contribution in [0.1, 0.15) is 29.0 Å². The first-order valence-corrected chi connectivity index (χ1v) is 12.9. The van der Waals surface area contributed by atoms with E-state index in [9.17, 15) is 9.59 Å². The van der Waals surface area contributed by atoms with Crippen molar-refractivity contribution in [1.82, 2.24) is 10.2 Å². The number of nitrogens with one attached hydrogen (secondary N) is 2. The van der Waals surface area contributed by atoms with Gasteiger partial charge in [0.15, 0.2) is 0 Å². The molecule has 0 aliphatic carbocycles. The second-order valence-electron chi connectivity index (χ2n) is 8.41. The fourth-order valence-corrected chi connectivity index (χ4v) is 5.11. The Morgan fingerprint density at radius 2 is 1.41 bits per heavy atom. The molecule has 2 N–H and O–H groups in total. The molecular formula is C28H31N3O2S. The Kier molecular flexibility index (Phi) is 8.63. The Morgan fingerprint density at radius 1 is 0.824 bits per heavy atom. The van der Waals surface area contributed by atoms with Crippen LogP contribution in [0, 0.1) is 0 Å². The van der Waals surface area contributed by atoms with Gasteiger partial charge in [0.05, 0.1) is 6.42 Å². The molecule has 0 spiro atoms. The van der Waals surface area contributed by atoms with E-state index in [1.807, 2.05) is 77.3 Å². The van der Waals surface area contributed by atoms with Crippen LogP contribution in [0.4, 0.5) is 10.5 Å². The number of hydrogen-bond acceptors (Lipinski definition) is 3. The van der Waals surface area contributed by atoms with Gasteiger partial charge in [-0.1, -0.05) is 72.8 Å². The molecule has 0 bridgehead atoms. The molecule has 6 heteroatoms. The van der Waals surface area contributed by atoms with Gasteiger partial charge in [-0.3, -0.25) is 4.79 Å². The molecule has 1 heterocycles. The molecule has 176 valence electrons. The summed E-state index contributed by atoms with van der Waals surface area (Å²) in [5, 5.41) is 5.87. The summed E-state index contributed by atoms with van der Waals surface area (Å²) in [6.07, 6.45) is 1.20. The molecule has 1 aliphatic heterocycles. The van der Waals surface area contributed by atoms with Crippen molar-refractivity contribution < 1.29 is 9.59 Å². The summed E-state index contributed by atoms with van der Waals surface area (Å²) in [7, 11) is 0. The van der Waals surface area contributed by atoms with Crippen molar-refractivity contribution in [3.05, 3.63) is 102 Å². The van der Waals surface area contributed by atoms with Crippen molar-refractivity contribution in [2.75, 3.05) is 36.5 Å². The lowest BCUT2D eigenvalue weighted by molar-refractivity contribution is -0.130. The highest BCUT2D eigenvalue weighted by molar-refractivity contribution is 7.99. The molecule has 3 aromatic rings. The maximum Gasteiger partial charge on any atom is 0.319 e. The van der Waals surface area contributed by atoms with E-state index in [0.717, 1.165) is 36.6 Å². The third-order valence-corrected chi connectivity index (χ3v) is 7.00. The van der Waals surface area contributed by atoms with Crippen molar-refractivity contribution in [3.63, 3.8) is 0 Å². The van der Waals surface area contributed by atoms with Gasteiger partial charge in [0.1, 0.15) is 0 Å². The quantitative estimate of drug-likeness (QED) is 0.476. The van der Waals surface area contributed by atoms with Crippen LogP contribution in [0.3, 0.4) is 0 Å². The number of hydrogen-bond donors (Lipinski definition) is 2. The van der Waals surface area contributed by atoms with Gasteiger partial charge in [-0.25, -0.2) is 4.79 Å². The topological polar surface area (TPSA) is 61.4 Å². The molecular weight excluding hydrogens is 442 g/mol. The van der Waals surface area contributed by atoms with Gasteiger partial charge in [-0.05, 0) is 35.2 Å². The van der Waals surface area contributed by atoms with Crippen LogP contribution in [0.2, 0.25) is 0 Å². The smallest absolute Gasteiger partial charge is 0.319 e. The van der Waals surface area contributed by atoms with E-state index in [-0.39, 0.29) is 17.9 Å². The lowest BCUT2D eigenvalue weighted by Gasteiger charge is -2.26. The van der Waals surface area contributed by atoms with Crippen molar-refractivity contribution in [3.8, 4) is 0 Å². The van der Waals surface area contributed by atoms with Gasteiger partial charge in [0.2, 0.25) is 5.91 Å². The molecule has 0 saturated carbocycles. The number of amides is 3. The molecule has 1 saturated heterocycles. The van der Waals surface area contributed by atoms with E-state index in [4.69, 9.17) is 0 Å². The maximum atomic E-state index is 12.5. The minimum absolute atomic E-state index is 0.171. The van der Waals surface area contributed by atoms with Crippen LogP contribution in [0.25, 0.3) is 0 Å². The number of rotatable bonds is 8. The third kappa shape index (κ3) is 6.87. The average Bonchev–Trinajstić information content (AvgIpc) is 2.89. The fourth-order valence-electron chi connectivity index (χ4n) is 4.21. The van der Waals surface area contributed by atoms with E-state index >= 15 is 0 Å². The van der Waals surface area contributed by atoms with Crippen LogP contribution in [0.5, 0.6) is 0 Å². The molecule has 3 aromatic carbocycles. The van der Waals surface area contributed by atoms with Crippen LogP contribution < -0.4 is 10.6 Å². The van der Waals surface area contributed by atoms with E-state index in [1.165, 1.54) is 11.1 Å². The molecule has 0 radical (unpaired) electrons. The Balaban J connectivity index is 1.26. The number of urea groups is 1. The molecule has 0 atom stereocenters. The highest BCUT2D eigenvalue weighted by Crippen LogP contribution is 2.27. The summed E-state index contributed by atoms with van der Waals surface area (Å²) in [5.74, 6) is 2.42. The number of carbonyl (C=O) groups is 2. The van der Waals surface area contributed by atoms with Crippen LogP contribution in [-0.2, 0) is 11.2 Å². The number of nitrogens with zero attached hydrogens (tertiary/aromatic N) is 1. The van der Waals surface area contributed by atoms with Crippen molar-refractivity contribution in [1.29, 1.82) is 0 Å². The van der Waals surface area contributed by atoms with Crippen molar-refractivity contribution in [2.24, 2.45) is 0 Å². The van der Waals surface area contributed by atoms with Gasteiger partial charge >= 0.3 is 6.03 Å². The van der Waals surface area contributed by atoms with Crippen LogP contribution in [0.15, 0.2) is 84.9 Å². The first kappa shape index (κ1) is 23.9. The predicted molar refractivity (Wildman–Crippen MR) is 140 cm³/mol. The van der Waals surface area contributed by atoms with Gasteiger partial charge in [0.25, 0.3) is 0 Å². The zero-order valence-electron chi connectivity index (χ0n) is 19.3. The molecule has 3 amide bonds. The van der Waals surface area contributed by atoms with Gasteiger partial charge < -0.3 is 15.5 Å². The highest BCUT2D eigenvalue weighted by atomic mass is 32.2. The monoisotopic (exact) mass is 473 g/mol. The summed E-state index contributed by atoms with van der Waals surface area (Å²) >= 11 is 1.89.